The highest BCUT2D eigenvalue weighted by Crippen LogP contribution is 2.30. The van der Waals surface area contributed by atoms with Gasteiger partial charge in [0.05, 0.1) is 6.61 Å². The second kappa shape index (κ2) is 5.49. The highest BCUT2D eigenvalue weighted by Gasteiger charge is 2.34. The molecule has 0 saturated carbocycles. The summed E-state index contributed by atoms with van der Waals surface area (Å²) in [6.45, 7) is 2.21. The Labute approximate surface area is 117 Å². The lowest BCUT2D eigenvalue weighted by Gasteiger charge is -2.23. The zero-order valence-electron chi connectivity index (χ0n) is 10.9. The third-order valence-electron chi connectivity index (χ3n) is 3.06. The molecule has 1 aliphatic rings. The Morgan fingerprint density at radius 2 is 2.33 bits per heavy atom. The van der Waals surface area contributed by atoms with Crippen molar-refractivity contribution in [1.82, 2.24) is 19.9 Å². The van der Waals surface area contributed by atoms with Crippen molar-refractivity contribution in [3.63, 3.8) is 0 Å². The summed E-state index contributed by atoms with van der Waals surface area (Å²) in [6, 6.07) is 0.919. The van der Waals surface area contributed by atoms with Gasteiger partial charge in [0.25, 0.3) is 0 Å². The molecule has 0 amide bonds. The third-order valence-corrected chi connectivity index (χ3v) is 3.06. The van der Waals surface area contributed by atoms with Gasteiger partial charge in [0.1, 0.15) is 18.2 Å². The van der Waals surface area contributed by atoms with Crippen LogP contribution in [0.3, 0.4) is 0 Å². The first-order valence-electron chi connectivity index (χ1n) is 6.41. The van der Waals surface area contributed by atoms with Crippen molar-refractivity contribution in [2.45, 2.75) is 12.3 Å². The van der Waals surface area contributed by atoms with Crippen LogP contribution in [0.25, 0.3) is 5.52 Å². The van der Waals surface area contributed by atoms with E-state index in [1.165, 1.54) is 12.4 Å². The van der Waals surface area contributed by atoms with Crippen LogP contribution in [0.2, 0.25) is 0 Å². The molecule has 1 N–H and O–H groups in total. The van der Waals surface area contributed by atoms with E-state index in [1.54, 1.807) is 0 Å². The molecule has 21 heavy (non-hydrogen) atoms. The lowest BCUT2D eigenvalue weighted by molar-refractivity contribution is -0.141. The van der Waals surface area contributed by atoms with Crippen molar-refractivity contribution >= 4 is 5.52 Å². The summed E-state index contributed by atoms with van der Waals surface area (Å²) in [6.07, 6.45) is -1.96. The maximum absolute atomic E-state index is 12.7. The van der Waals surface area contributed by atoms with Crippen molar-refractivity contribution in [1.29, 1.82) is 0 Å². The van der Waals surface area contributed by atoms with E-state index in [9.17, 15) is 13.2 Å². The van der Waals surface area contributed by atoms with E-state index in [0.29, 0.717) is 13.2 Å². The minimum atomic E-state index is -4.50. The van der Waals surface area contributed by atoms with Gasteiger partial charge in [0.15, 0.2) is 5.69 Å². The number of ether oxygens (including phenoxy) is 2. The number of alkyl halides is 3. The summed E-state index contributed by atoms with van der Waals surface area (Å²) in [5.41, 5.74) is -0.801. The summed E-state index contributed by atoms with van der Waals surface area (Å²) < 4.78 is 50.0. The topological polar surface area (TPSA) is 60.7 Å². The number of aromatic nitrogens is 3. The number of rotatable bonds is 3. The van der Waals surface area contributed by atoms with Crippen LogP contribution in [-0.4, -0.2) is 47.0 Å². The van der Waals surface area contributed by atoms with Crippen molar-refractivity contribution in [2.75, 3.05) is 26.3 Å². The summed E-state index contributed by atoms with van der Waals surface area (Å²) in [5, 5.41) is 6.61. The monoisotopic (exact) mass is 302 g/mol. The lowest BCUT2D eigenvalue weighted by atomic mass is 10.3. The van der Waals surface area contributed by atoms with Crippen LogP contribution in [0.4, 0.5) is 13.2 Å². The number of hydrogen-bond donors (Lipinski definition) is 1. The molecule has 6 nitrogen and oxygen atoms in total. The zero-order chi connectivity index (χ0) is 14.9. The Hall–Kier alpha value is -1.87. The van der Waals surface area contributed by atoms with Gasteiger partial charge in [-0.3, -0.25) is 0 Å². The minimum absolute atomic E-state index is 0.106. The Bertz CT molecular complexity index is 622. The molecular weight excluding hydrogens is 289 g/mol. The van der Waals surface area contributed by atoms with Crippen LogP contribution in [-0.2, 0) is 10.9 Å². The van der Waals surface area contributed by atoms with Gasteiger partial charge in [-0.25, -0.2) is 9.50 Å². The van der Waals surface area contributed by atoms with Crippen LogP contribution >= 0.6 is 0 Å². The molecule has 0 radical (unpaired) electrons. The standard InChI is InChI=1S/C12H13F3N4O2/c13-12(14,15)10-5-9-11(17-1-3-19(9)18-10)21-7-8-6-16-2-4-20-8/h1,3,5,8,16H,2,4,6-7H2. The van der Waals surface area contributed by atoms with E-state index >= 15 is 0 Å². The summed E-state index contributed by atoms with van der Waals surface area (Å²) >= 11 is 0. The smallest absolute Gasteiger partial charge is 0.435 e. The number of fused-ring (bicyclic) bond motifs is 1. The van der Waals surface area contributed by atoms with Crippen LogP contribution in [0, 0.1) is 0 Å². The normalized spacial score (nSPS) is 19.9. The highest BCUT2D eigenvalue weighted by atomic mass is 19.4. The molecule has 114 valence electrons. The lowest BCUT2D eigenvalue weighted by Crippen LogP contribution is -2.41. The number of nitrogens with one attached hydrogen (secondary N) is 1. The second-order valence-electron chi connectivity index (χ2n) is 4.60. The Morgan fingerprint density at radius 3 is 3.05 bits per heavy atom. The van der Waals surface area contributed by atoms with Gasteiger partial charge in [-0.2, -0.15) is 18.3 Å². The van der Waals surface area contributed by atoms with E-state index in [-0.39, 0.29) is 24.1 Å². The van der Waals surface area contributed by atoms with Crippen molar-refractivity contribution in [2.24, 2.45) is 0 Å². The number of hydrogen-bond acceptors (Lipinski definition) is 5. The predicted octanol–water partition coefficient (Wildman–Crippen LogP) is 1.12. The molecule has 1 saturated heterocycles. The molecule has 1 aliphatic heterocycles. The minimum Gasteiger partial charge on any atom is -0.473 e. The highest BCUT2D eigenvalue weighted by molar-refractivity contribution is 5.56. The second-order valence-corrected chi connectivity index (χ2v) is 4.60. The molecular formula is C12H13F3N4O2. The maximum Gasteiger partial charge on any atom is 0.435 e. The van der Waals surface area contributed by atoms with Crippen LogP contribution in [0.5, 0.6) is 5.88 Å². The summed E-state index contributed by atoms with van der Waals surface area (Å²) in [4.78, 5) is 3.96. The fourth-order valence-corrected chi connectivity index (χ4v) is 2.05. The van der Waals surface area contributed by atoms with Crippen molar-refractivity contribution in [3.8, 4) is 5.88 Å². The third kappa shape index (κ3) is 3.08. The molecule has 0 spiro atoms. The van der Waals surface area contributed by atoms with E-state index < -0.39 is 11.9 Å². The Balaban J connectivity index is 1.79. The van der Waals surface area contributed by atoms with Crippen LogP contribution < -0.4 is 10.1 Å². The molecule has 1 fully saturated rings. The zero-order valence-corrected chi connectivity index (χ0v) is 10.9. The molecule has 1 unspecified atom stereocenters. The SMILES string of the molecule is FC(F)(F)c1cc2c(OCC3CNCCO3)nccn2n1. The Kier molecular flexibility index (Phi) is 3.68. The average Bonchev–Trinajstić information content (AvgIpc) is 2.91. The van der Waals surface area contributed by atoms with Gasteiger partial charge in [0, 0.05) is 31.5 Å². The number of morpholine rings is 1. The van der Waals surface area contributed by atoms with Gasteiger partial charge in [-0.05, 0) is 0 Å². The molecule has 0 bridgehead atoms. The van der Waals surface area contributed by atoms with Gasteiger partial charge < -0.3 is 14.8 Å². The Morgan fingerprint density at radius 1 is 1.48 bits per heavy atom. The first kappa shape index (κ1) is 14.1. The summed E-state index contributed by atoms with van der Waals surface area (Å²) in [5.74, 6) is 0.106. The fourth-order valence-electron chi connectivity index (χ4n) is 2.05. The predicted molar refractivity (Wildman–Crippen MR) is 66.1 cm³/mol. The molecule has 2 aromatic heterocycles. The first-order valence-corrected chi connectivity index (χ1v) is 6.41. The van der Waals surface area contributed by atoms with E-state index in [4.69, 9.17) is 9.47 Å². The molecule has 9 heteroatoms. The van der Waals surface area contributed by atoms with Gasteiger partial charge in [-0.1, -0.05) is 0 Å². The molecule has 1 atom stereocenters. The fraction of sp³-hybridized carbons (Fsp3) is 0.500. The van der Waals surface area contributed by atoms with Gasteiger partial charge in [-0.15, -0.1) is 0 Å². The molecule has 3 heterocycles. The summed E-state index contributed by atoms with van der Waals surface area (Å²) in [7, 11) is 0. The quantitative estimate of drug-likeness (QED) is 0.920. The van der Waals surface area contributed by atoms with Crippen LogP contribution in [0.1, 0.15) is 5.69 Å². The van der Waals surface area contributed by atoms with Gasteiger partial charge >= 0.3 is 6.18 Å². The average molecular weight is 302 g/mol. The van der Waals surface area contributed by atoms with E-state index in [0.717, 1.165) is 17.1 Å². The van der Waals surface area contributed by atoms with Gasteiger partial charge in [0.2, 0.25) is 5.88 Å². The molecule has 0 aliphatic carbocycles. The number of halogens is 3. The van der Waals surface area contributed by atoms with Crippen LogP contribution in [0.15, 0.2) is 18.5 Å². The first-order chi connectivity index (χ1) is 10.0. The molecule has 2 aromatic rings. The van der Waals surface area contributed by atoms with Crippen molar-refractivity contribution < 1.29 is 22.6 Å². The van der Waals surface area contributed by atoms with E-state index in [1.807, 2.05) is 0 Å². The number of nitrogens with zero attached hydrogens (tertiary/aromatic N) is 3. The molecule has 3 rings (SSSR count). The molecule has 0 aromatic carbocycles. The van der Waals surface area contributed by atoms with E-state index in [2.05, 4.69) is 15.4 Å². The maximum atomic E-state index is 12.7. The largest absolute Gasteiger partial charge is 0.473 e. The van der Waals surface area contributed by atoms with Crippen molar-refractivity contribution in [3.05, 3.63) is 24.2 Å².